The van der Waals surface area contributed by atoms with Crippen molar-refractivity contribution >= 4 is 17.5 Å². The zero-order valence-electron chi connectivity index (χ0n) is 8.82. The van der Waals surface area contributed by atoms with E-state index in [0.29, 0.717) is 22.6 Å². The summed E-state index contributed by atoms with van der Waals surface area (Å²) in [4.78, 5) is 15.9. The maximum Gasteiger partial charge on any atom is 0.208 e. The number of aromatic amines is 1. The molecule has 0 spiro atoms. The summed E-state index contributed by atoms with van der Waals surface area (Å²) < 4.78 is 0. The highest BCUT2D eigenvalue weighted by Crippen LogP contribution is 2.27. The third-order valence-corrected chi connectivity index (χ3v) is 3.60. The van der Waals surface area contributed by atoms with Crippen molar-refractivity contribution in [3.63, 3.8) is 0 Å². The smallest absolute Gasteiger partial charge is 0.208 e. The minimum absolute atomic E-state index is 0.303. The summed E-state index contributed by atoms with van der Waals surface area (Å²) in [7, 11) is 0. The van der Waals surface area contributed by atoms with Crippen LogP contribution in [0.2, 0.25) is 0 Å². The molecule has 0 amide bonds. The summed E-state index contributed by atoms with van der Waals surface area (Å²) >= 11 is 1.43. The van der Waals surface area contributed by atoms with E-state index >= 15 is 0 Å². The Morgan fingerprint density at radius 2 is 2.27 bits per heavy atom. The number of rotatable bonds is 4. The Labute approximate surface area is 93.2 Å². The summed E-state index contributed by atoms with van der Waals surface area (Å²) in [5.74, 6) is 1.98. The van der Waals surface area contributed by atoms with Gasteiger partial charge in [-0.25, -0.2) is 4.98 Å². The van der Waals surface area contributed by atoms with Crippen LogP contribution in [-0.4, -0.2) is 26.7 Å². The number of thioether (sulfide) groups is 1. The largest absolute Gasteiger partial charge is 0.298 e. The zero-order chi connectivity index (χ0) is 10.7. The Hall–Kier alpha value is -0.840. The normalized spacial score (nSPS) is 17.1. The van der Waals surface area contributed by atoms with Crippen molar-refractivity contribution in [1.29, 1.82) is 0 Å². The molecule has 1 saturated carbocycles. The van der Waals surface area contributed by atoms with Gasteiger partial charge in [-0.05, 0) is 19.8 Å². The van der Waals surface area contributed by atoms with Gasteiger partial charge in [-0.2, -0.15) is 0 Å². The molecule has 1 N–H and O–H groups in total. The molecule has 0 bridgehead atoms. The molecule has 0 aliphatic heterocycles. The molecule has 4 nitrogen and oxygen atoms in total. The first kappa shape index (κ1) is 10.7. The van der Waals surface area contributed by atoms with Gasteiger partial charge in [0.25, 0.3) is 0 Å². The van der Waals surface area contributed by atoms with Crippen LogP contribution in [0.4, 0.5) is 0 Å². The van der Waals surface area contributed by atoms with Crippen LogP contribution >= 0.6 is 11.8 Å². The number of nitrogens with one attached hydrogen (secondary N) is 1. The van der Waals surface area contributed by atoms with Crippen LogP contribution in [-0.2, 0) is 4.79 Å². The zero-order valence-corrected chi connectivity index (χ0v) is 9.64. The SMILES string of the molecule is Cc1nc(SCC(=O)C2CCCC2)n[nH]1. The lowest BCUT2D eigenvalue weighted by Gasteiger charge is -2.05. The van der Waals surface area contributed by atoms with Gasteiger partial charge in [0, 0.05) is 5.92 Å². The number of Topliss-reactive ketones (excluding diaryl/α,β-unsaturated/α-hetero) is 1. The van der Waals surface area contributed by atoms with Crippen molar-refractivity contribution in [2.75, 3.05) is 5.75 Å². The van der Waals surface area contributed by atoms with Crippen molar-refractivity contribution < 1.29 is 4.79 Å². The van der Waals surface area contributed by atoms with E-state index in [0.717, 1.165) is 18.7 Å². The molecule has 1 aromatic rings. The first-order chi connectivity index (χ1) is 7.25. The summed E-state index contributed by atoms with van der Waals surface area (Å²) in [6.45, 7) is 1.86. The van der Waals surface area contributed by atoms with Gasteiger partial charge in [-0.1, -0.05) is 24.6 Å². The Balaban J connectivity index is 1.80. The second kappa shape index (κ2) is 4.79. The molecular weight excluding hydrogens is 210 g/mol. The first-order valence-electron chi connectivity index (χ1n) is 5.30. The summed E-state index contributed by atoms with van der Waals surface area (Å²) in [5.41, 5.74) is 0. The van der Waals surface area contributed by atoms with Gasteiger partial charge in [0.15, 0.2) is 0 Å². The van der Waals surface area contributed by atoms with E-state index in [4.69, 9.17) is 0 Å². The number of carbonyl (C=O) groups is 1. The molecule has 5 heteroatoms. The third-order valence-electron chi connectivity index (χ3n) is 2.73. The molecular formula is C10H15N3OS. The van der Waals surface area contributed by atoms with Gasteiger partial charge < -0.3 is 0 Å². The van der Waals surface area contributed by atoms with Crippen LogP contribution in [0.1, 0.15) is 31.5 Å². The third kappa shape index (κ3) is 2.81. The maximum absolute atomic E-state index is 11.7. The van der Waals surface area contributed by atoms with Crippen molar-refractivity contribution in [3.8, 4) is 0 Å². The lowest BCUT2D eigenvalue weighted by atomic mass is 10.0. The van der Waals surface area contributed by atoms with E-state index in [-0.39, 0.29) is 0 Å². The van der Waals surface area contributed by atoms with Crippen molar-refractivity contribution in [3.05, 3.63) is 5.82 Å². The van der Waals surface area contributed by atoms with Crippen molar-refractivity contribution in [1.82, 2.24) is 15.2 Å². The average molecular weight is 225 g/mol. The fourth-order valence-corrected chi connectivity index (χ4v) is 2.71. The minimum atomic E-state index is 0.303. The van der Waals surface area contributed by atoms with E-state index in [1.54, 1.807) is 0 Å². The Morgan fingerprint density at radius 1 is 1.53 bits per heavy atom. The maximum atomic E-state index is 11.7. The van der Waals surface area contributed by atoms with E-state index in [1.807, 2.05) is 6.92 Å². The molecule has 2 rings (SSSR count). The van der Waals surface area contributed by atoms with E-state index < -0.39 is 0 Å². The number of carbonyl (C=O) groups excluding carboxylic acids is 1. The quantitative estimate of drug-likeness (QED) is 0.796. The fourth-order valence-electron chi connectivity index (χ4n) is 1.89. The van der Waals surface area contributed by atoms with E-state index in [2.05, 4.69) is 15.2 Å². The van der Waals surface area contributed by atoms with Crippen LogP contribution in [0.15, 0.2) is 5.16 Å². The molecule has 1 aromatic heterocycles. The van der Waals surface area contributed by atoms with Crippen LogP contribution in [0.25, 0.3) is 0 Å². The van der Waals surface area contributed by atoms with Gasteiger partial charge in [-0.15, -0.1) is 5.10 Å². The summed E-state index contributed by atoms with van der Waals surface area (Å²) in [5, 5.41) is 7.44. The first-order valence-corrected chi connectivity index (χ1v) is 6.29. The molecule has 15 heavy (non-hydrogen) atoms. The molecule has 0 unspecified atom stereocenters. The number of hydrogen-bond donors (Lipinski definition) is 1. The van der Waals surface area contributed by atoms with Gasteiger partial charge in [0.1, 0.15) is 11.6 Å². The van der Waals surface area contributed by atoms with Gasteiger partial charge in [0.2, 0.25) is 5.16 Å². The Morgan fingerprint density at radius 3 is 2.87 bits per heavy atom. The number of H-pyrrole nitrogens is 1. The van der Waals surface area contributed by atoms with Crippen LogP contribution in [0.3, 0.4) is 0 Å². The standard InChI is InChI=1S/C10H15N3OS/c1-7-11-10(13-12-7)15-6-9(14)8-4-2-3-5-8/h8H,2-6H2,1H3,(H,11,12,13). The second-order valence-electron chi connectivity index (χ2n) is 3.94. The molecule has 1 heterocycles. The fraction of sp³-hybridized carbons (Fsp3) is 0.700. The number of nitrogens with zero attached hydrogens (tertiary/aromatic N) is 2. The molecule has 0 aromatic carbocycles. The molecule has 82 valence electrons. The molecule has 1 aliphatic rings. The highest BCUT2D eigenvalue weighted by molar-refractivity contribution is 7.99. The van der Waals surface area contributed by atoms with Crippen molar-refractivity contribution in [2.45, 2.75) is 37.8 Å². The van der Waals surface area contributed by atoms with Crippen LogP contribution in [0.5, 0.6) is 0 Å². The minimum Gasteiger partial charge on any atom is -0.298 e. The summed E-state index contributed by atoms with van der Waals surface area (Å²) in [6.07, 6.45) is 4.57. The summed E-state index contributed by atoms with van der Waals surface area (Å²) in [6, 6.07) is 0. The highest BCUT2D eigenvalue weighted by Gasteiger charge is 2.22. The lowest BCUT2D eigenvalue weighted by molar-refractivity contribution is -0.120. The number of aryl methyl sites for hydroxylation is 1. The van der Waals surface area contributed by atoms with Gasteiger partial charge in [-0.3, -0.25) is 9.89 Å². The molecule has 0 saturated heterocycles. The number of ketones is 1. The molecule has 1 fully saturated rings. The molecule has 0 atom stereocenters. The molecule has 1 aliphatic carbocycles. The van der Waals surface area contributed by atoms with E-state index in [9.17, 15) is 4.79 Å². The Bertz CT molecular complexity index is 344. The number of aromatic nitrogens is 3. The van der Waals surface area contributed by atoms with Gasteiger partial charge >= 0.3 is 0 Å². The predicted octanol–water partition coefficient (Wildman–Crippen LogP) is 1.96. The lowest BCUT2D eigenvalue weighted by Crippen LogP contribution is -2.13. The predicted molar refractivity (Wildman–Crippen MR) is 58.8 cm³/mol. The van der Waals surface area contributed by atoms with Gasteiger partial charge in [0.05, 0.1) is 5.75 Å². The Kier molecular flexibility index (Phi) is 3.41. The van der Waals surface area contributed by atoms with Crippen LogP contribution in [0, 0.1) is 12.8 Å². The van der Waals surface area contributed by atoms with Crippen molar-refractivity contribution in [2.24, 2.45) is 5.92 Å². The second-order valence-corrected chi connectivity index (χ2v) is 4.88. The highest BCUT2D eigenvalue weighted by atomic mass is 32.2. The van der Waals surface area contributed by atoms with Crippen LogP contribution < -0.4 is 0 Å². The topological polar surface area (TPSA) is 58.6 Å². The van der Waals surface area contributed by atoms with E-state index in [1.165, 1.54) is 24.6 Å². The monoisotopic (exact) mass is 225 g/mol. The average Bonchev–Trinajstić information content (AvgIpc) is 2.84. The molecule has 0 radical (unpaired) electrons. The number of hydrogen-bond acceptors (Lipinski definition) is 4.